The topological polar surface area (TPSA) is 46.9 Å². The van der Waals surface area contributed by atoms with Gasteiger partial charge in [0.05, 0.1) is 23.8 Å². The number of fused-ring (bicyclic) bond motifs is 1. The van der Waals surface area contributed by atoms with Crippen molar-refractivity contribution in [3.63, 3.8) is 0 Å². The summed E-state index contributed by atoms with van der Waals surface area (Å²) in [6.45, 7) is 4.57. The molecule has 0 saturated carbocycles. The Morgan fingerprint density at radius 2 is 1.85 bits per heavy atom. The van der Waals surface area contributed by atoms with Crippen LogP contribution < -0.4 is 5.32 Å². The Balaban J connectivity index is 1.56. The third kappa shape index (κ3) is 3.52. The van der Waals surface area contributed by atoms with Gasteiger partial charge in [-0.2, -0.15) is 5.10 Å². The summed E-state index contributed by atoms with van der Waals surface area (Å²) in [6.07, 6.45) is 3.18. The molecule has 4 heteroatoms. The Labute approximate surface area is 160 Å². The van der Waals surface area contributed by atoms with Crippen LogP contribution in [0.1, 0.15) is 57.3 Å². The van der Waals surface area contributed by atoms with Crippen molar-refractivity contribution in [2.75, 3.05) is 0 Å². The molecule has 2 aromatic carbocycles. The molecular weight excluding hydrogens is 334 g/mol. The van der Waals surface area contributed by atoms with Crippen molar-refractivity contribution in [2.24, 2.45) is 0 Å². The smallest absolute Gasteiger partial charge is 0.255 e. The van der Waals surface area contributed by atoms with E-state index in [0.29, 0.717) is 12.1 Å². The number of hydrogen-bond acceptors (Lipinski definition) is 2. The Morgan fingerprint density at radius 1 is 1.11 bits per heavy atom. The zero-order chi connectivity index (χ0) is 18.8. The molecule has 3 aromatic rings. The fourth-order valence-corrected chi connectivity index (χ4v) is 4.07. The van der Waals surface area contributed by atoms with Crippen molar-refractivity contribution in [3.8, 4) is 0 Å². The fourth-order valence-electron chi connectivity index (χ4n) is 4.07. The third-order valence-corrected chi connectivity index (χ3v) is 5.46. The number of carbonyl (C=O) groups excluding carboxylic acids is 1. The summed E-state index contributed by atoms with van der Waals surface area (Å²) in [5.41, 5.74) is 6.18. The summed E-state index contributed by atoms with van der Waals surface area (Å²) >= 11 is 0. The Hall–Kier alpha value is -2.88. The summed E-state index contributed by atoms with van der Waals surface area (Å²) in [5.74, 6) is -0.0222. The standard InChI is InChI=1S/C23H25N3O/c1-16-22(17(2)26(25-16)15-18-9-4-3-5-10-18)23(27)24-21-14-8-12-19-11-6-7-13-20(19)21/h3-7,9-11,13,21H,8,12,14-15H2,1-2H3,(H,24,27)/t21-/m0/s1. The molecule has 1 heterocycles. The molecule has 27 heavy (non-hydrogen) atoms. The zero-order valence-corrected chi connectivity index (χ0v) is 15.9. The minimum absolute atomic E-state index is 0.0222. The number of benzene rings is 2. The lowest BCUT2D eigenvalue weighted by atomic mass is 9.87. The number of aryl methyl sites for hydroxylation is 2. The molecule has 1 aliphatic carbocycles. The predicted octanol–water partition coefficient (Wildman–Crippen LogP) is 4.36. The number of nitrogens with one attached hydrogen (secondary N) is 1. The maximum atomic E-state index is 13.1. The minimum Gasteiger partial charge on any atom is -0.345 e. The average molecular weight is 359 g/mol. The first-order chi connectivity index (χ1) is 13.1. The van der Waals surface area contributed by atoms with Gasteiger partial charge in [-0.05, 0) is 49.8 Å². The molecule has 0 radical (unpaired) electrons. The highest BCUT2D eigenvalue weighted by Crippen LogP contribution is 2.30. The Morgan fingerprint density at radius 3 is 2.67 bits per heavy atom. The van der Waals surface area contributed by atoms with E-state index in [2.05, 4.69) is 46.8 Å². The molecule has 1 aromatic heterocycles. The first kappa shape index (κ1) is 17.5. The molecule has 0 aliphatic heterocycles. The van der Waals surface area contributed by atoms with Gasteiger partial charge in [0.2, 0.25) is 0 Å². The maximum absolute atomic E-state index is 13.1. The zero-order valence-electron chi connectivity index (χ0n) is 15.9. The first-order valence-corrected chi connectivity index (χ1v) is 9.60. The van der Waals surface area contributed by atoms with Gasteiger partial charge in [-0.1, -0.05) is 54.6 Å². The van der Waals surface area contributed by atoms with Crippen molar-refractivity contribution < 1.29 is 4.79 Å². The fraction of sp³-hybridized carbons (Fsp3) is 0.304. The van der Waals surface area contributed by atoms with Gasteiger partial charge in [-0.3, -0.25) is 9.48 Å². The quantitative estimate of drug-likeness (QED) is 0.752. The van der Waals surface area contributed by atoms with Crippen LogP contribution in [-0.2, 0) is 13.0 Å². The van der Waals surface area contributed by atoms with E-state index in [-0.39, 0.29) is 11.9 Å². The van der Waals surface area contributed by atoms with Gasteiger partial charge in [0, 0.05) is 5.69 Å². The van der Waals surface area contributed by atoms with E-state index in [1.54, 1.807) is 0 Å². The molecule has 0 saturated heterocycles. The summed E-state index contributed by atoms with van der Waals surface area (Å²) in [7, 11) is 0. The van der Waals surface area contributed by atoms with Crippen molar-refractivity contribution >= 4 is 5.91 Å². The molecule has 4 rings (SSSR count). The second kappa shape index (κ2) is 7.39. The van der Waals surface area contributed by atoms with Gasteiger partial charge in [0.25, 0.3) is 5.91 Å². The predicted molar refractivity (Wildman–Crippen MR) is 107 cm³/mol. The van der Waals surface area contributed by atoms with E-state index in [1.807, 2.05) is 36.7 Å². The van der Waals surface area contributed by atoms with E-state index in [0.717, 1.165) is 30.7 Å². The molecule has 0 spiro atoms. The van der Waals surface area contributed by atoms with E-state index < -0.39 is 0 Å². The van der Waals surface area contributed by atoms with Gasteiger partial charge in [0.15, 0.2) is 0 Å². The van der Waals surface area contributed by atoms with E-state index in [1.165, 1.54) is 16.7 Å². The van der Waals surface area contributed by atoms with E-state index in [4.69, 9.17) is 0 Å². The van der Waals surface area contributed by atoms with Crippen LogP contribution in [0.15, 0.2) is 54.6 Å². The van der Waals surface area contributed by atoms with Crippen molar-refractivity contribution in [2.45, 2.75) is 45.7 Å². The largest absolute Gasteiger partial charge is 0.345 e. The SMILES string of the molecule is Cc1nn(Cc2ccccc2)c(C)c1C(=O)N[C@H]1CCCc2ccccc21. The highest BCUT2D eigenvalue weighted by atomic mass is 16.1. The maximum Gasteiger partial charge on any atom is 0.255 e. The lowest BCUT2D eigenvalue weighted by Gasteiger charge is -2.26. The highest BCUT2D eigenvalue weighted by Gasteiger charge is 2.25. The monoisotopic (exact) mass is 359 g/mol. The molecule has 4 nitrogen and oxygen atoms in total. The van der Waals surface area contributed by atoms with Crippen LogP contribution in [0.4, 0.5) is 0 Å². The summed E-state index contributed by atoms with van der Waals surface area (Å²) < 4.78 is 1.92. The summed E-state index contributed by atoms with van der Waals surface area (Å²) in [4.78, 5) is 13.1. The number of carbonyl (C=O) groups is 1. The number of hydrogen-bond donors (Lipinski definition) is 1. The summed E-state index contributed by atoms with van der Waals surface area (Å²) in [6, 6.07) is 18.7. The van der Waals surface area contributed by atoms with Gasteiger partial charge >= 0.3 is 0 Å². The van der Waals surface area contributed by atoms with Crippen LogP contribution in [-0.4, -0.2) is 15.7 Å². The molecule has 1 atom stereocenters. The molecule has 0 unspecified atom stereocenters. The number of nitrogens with zero attached hydrogens (tertiary/aromatic N) is 2. The number of aromatic nitrogens is 2. The van der Waals surface area contributed by atoms with Crippen molar-refractivity contribution in [1.29, 1.82) is 0 Å². The van der Waals surface area contributed by atoms with Crippen LogP contribution in [0.2, 0.25) is 0 Å². The molecule has 1 N–H and O–H groups in total. The third-order valence-electron chi connectivity index (χ3n) is 5.46. The van der Waals surface area contributed by atoms with E-state index >= 15 is 0 Å². The van der Waals surface area contributed by atoms with Crippen LogP contribution in [0.5, 0.6) is 0 Å². The van der Waals surface area contributed by atoms with Crippen LogP contribution in [0.3, 0.4) is 0 Å². The first-order valence-electron chi connectivity index (χ1n) is 9.60. The van der Waals surface area contributed by atoms with Gasteiger partial charge in [-0.25, -0.2) is 0 Å². The summed E-state index contributed by atoms with van der Waals surface area (Å²) in [5, 5.41) is 7.88. The molecular formula is C23H25N3O. The molecule has 0 fully saturated rings. The molecule has 138 valence electrons. The number of rotatable bonds is 4. The van der Waals surface area contributed by atoms with Gasteiger partial charge in [-0.15, -0.1) is 0 Å². The van der Waals surface area contributed by atoms with Crippen molar-refractivity contribution in [3.05, 3.63) is 88.2 Å². The second-order valence-corrected chi connectivity index (χ2v) is 7.31. The minimum atomic E-state index is -0.0222. The Bertz CT molecular complexity index is 959. The van der Waals surface area contributed by atoms with Gasteiger partial charge in [0.1, 0.15) is 0 Å². The molecule has 1 aliphatic rings. The van der Waals surface area contributed by atoms with Gasteiger partial charge < -0.3 is 5.32 Å². The lowest BCUT2D eigenvalue weighted by Crippen LogP contribution is -2.31. The highest BCUT2D eigenvalue weighted by molar-refractivity contribution is 5.96. The van der Waals surface area contributed by atoms with Crippen LogP contribution in [0, 0.1) is 13.8 Å². The lowest BCUT2D eigenvalue weighted by molar-refractivity contribution is 0.0931. The average Bonchev–Trinajstić information content (AvgIpc) is 2.96. The van der Waals surface area contributed by atoms with Crippen molar-refractivity contribution in [1.82, 2.24) is 15.1 Å². The molecule has 1 amide bonds. The van der Waals surface area contributed by atoms with Crippen LogP contribution in [0.25, 0.3) is 0 Å². The van der Waals surface area contributed by atoms with Crippen LogP contribution >= 0.6 is 0 Å². The molecule has 0 bridgehead atoms. The second-order valence-electron chi connectivity index (χ2n) is 7.31. The normalized spacial score (nSPS) is 16.0. The van der Waals surface area contributed by atoms with E-state index in [9.17, 15) is 4.79 Å². The Kier molecular flexibility index (Phi) is 4.80. The number of amides is 1.